The lowest BCUT2D eigenvalue weighted by molar-refractivity contribution is -0.130. The van der Waals surface area contributed by atoms with Crippen LogP contribution in [0.15, 0.2) is 77.2 Å². The maximum Gasteiger partial charge on any atom is 0.266 e. The fraction of sp³-hybridized carbons (Fsp3) is 0.261. The molecule has 0 saturated carbocycles. The van der Waals surface area contributed by atoms with Gasteiger partial charge in [0, 0.05) is 32.7 Å². The average molecular weight is 421 g/mol. The van der Waals surface area contributed by atoms with Crippen LogP contribution in [0.25, 0.3) is 16.6 Å². The Balaban J connectivity index is 1.57. The molecule has 7 heteroatoms. The van der Waals surface area contributed by atoms with Gasteiger partial charge in [0.25, 0.3) is 5.56 Å². The van der Waals surface area contributed by atoms with Gasteiger partial charge in [-0.2, -0.15) is 0 Å². The molecule has 1 aromatic heterocycles. The van der Waals surface area contributed by atoms with E-state index in [-0.39, 0.29) is 17.2 Å². The minimum Gasteiger partial charge on any atom is -0.339 e. The predicted molar refractivity (Wildman–Crippen MR) is 121 cm³/mol. The highest BCUT2D eigenvalue weighted by Gasteiger charge is 2.21. The van der Waals surface area contributed by atoms with E-state index >= 15 is 0 Å². The molecule has 154 valence electrons. The van der Waals surface area contributed by atoms with Gasteiger partial charge in [-0.1, -0.05) is 48.2 Å². The van der Waals surface area contributed by atoms with E-state index in [0.717, 1.165) is 25.3 Å². The quantitative estimate of drug-likeness (QED) is 0.349. The molecule has 4 rings (SSSR count). The highest BCUT2D eigenvalue weighted by atomic mass is 32.2. The van der Waals surface area contributed by atoms with Crippen LogP contribution < -0.4 is 5.56 Å². The lowest BCUT2D eigenvalue weighted by Crippen LogP contribution is -2.49. The molecule has 1 aliphatic heterocycles. The second kappa shape index (κ2) is 9.28. The molecule has 30 heavy (non-hydrogen) atoms. The number of thioether (sulfide) groups is 1. The van der Waals surface area contributed by atoms with Crippen molar-refractivity contribution in [1.82, 2.24) is 19.4 Å². The van der Waals surface area contributed by atoms with Gasteiger partial charge in [0.15, 0.2) is 5.16 Å². The van der Waals surface area contributed by atoms with Gasteiger partial charge in [0.1, 0.15) is 0 Å². The van der Waals surface area contributed by atoms with Crippen molar-refractivity contribution in [1.29, 1.82) is 0 Å². The maximum absolute atomic E-state index is 13.2. The molecule has 6 nitrogen and oxygen atoms in total. The minimum absolute atomic E-state index is 0.0697. The van der Waals surface area contributed by atoms with Crippen molar-refractivity contribution < 1.29 is 4.79 Å². The first-order valence-corrected chi connectivity index (χ1v) is 11.0. The van der Waals surface area contributed by atoms with Gasteiger partial charge in [0.2, 0.25) is 5.91 Å². The second-order valence-corrected chi connectivity index (χ2v) is 8.09. The Morgan fingerprint density at radius 1 is 1.03 bits per heavy atom. The summed E-state index contributed by atoms with van der Waals surface area (Å²) in [4.78, 5) is 34.8. The van der Waals surface area contributed by atoms with Gasteiger partial charge in [-0.3, -0.25) is 19.1 Å². The molecule has 1 fully saturated rings. The number of hydrogen-bond acceptors (Lipinski definition) is 5. The molecule has 0 bridgehead atoms. The van der Waals surface area contributed by atoms with E-state index in [2.05, 4.69) is 11.5 Å². The molecule has 2 aromatic carbocycles. The highest BCUT2D eigenvalue weighted by molar-refractivity contribution is 7.99. The Bertz CT molecular complexity index is 1110. The summed E-state index contributed by atoms with van der Waals surface area (Å²) in [6.07, 6.45) is 1.89. The average Bonchev–Trinajstić information content (AvgIpc) is 2.79. The van der Waals surface area contributed by atoms with Gasteiger partial charge in [-0.25, -0.2) is 4.98 Å². The molecule has 0 atom stereocenters. The van der Waals surface area contributed by atoms with Crippen molar-refractivity contribution in [2.75, 3.05) is 38.5 Å². The number of para-hydroxylation sites is 2. The predicted octanol–water partition coefficient (Wildman–Crippen LogP) is 2.81. The Morgan fingerprint density at radius 2 is 1.73 bits per heavy atom. The van der Waals surface area contributed by atoms with Crippen LogP contribution in [0.5, 0.6) is 0 Å². The van der Waals surface area contributed by atoms with Gasteiger partial charge in [0.05, 0.1) is 22.3 Å². The van der Waals surface area contributed by atoms with E-state index in [1.165, 1.54) is 11.8 Å². The van der Waals surface area contributed by atoms with Crippen LogP contribution in [-0.4, -0.2) is 63.7 Å². The molecule has 0 unspecified atom stereocenters. The minimum atomic E-state index is -0.125. The van der Waals surface area contributed by atoms with Crippen molar-refractivity contribution in [2.24, 2.45) is 0 Å². The number of benzene rings is 2. The van der Waals surface area contributed by atoms with Crippen LogP contribution in [-0.2, 0) is 4.79 Å². The van der Waals surface area contributed by atoms with Crippen molar-refractivity contribution in [3.05, 3.63) is 77.6 Å². The van der Waals surface area contributed by atoms with Crippen molar-refractivity contribution in [3.8, 4) is 5.69 Å². The van der Waals surface area contributed by atoms with E-state index in [4.69, 9.17) is 4.98 Å². The third-order valence-electron chi connectivity index (χ3n) is 5.20. The highest BCUT2D eigenvalue weighted by Crippen LogP contribution is 2.22. The van der Waals surface area contributed by atoms with Crippen LogP contribution in [0.2, 0.25) is 0 Å². The van der Waals surface area contributed by atoms with Gasteiger partial charge in [-0.05, 0) is 24.3 Å². The van der Waals surface area contributed by atoms with Crippen LogP contribution in [0.1, 0.15) is 0 Å². The Labute approximate surface area is 179 Å². The number of fused-ring (bicyclic) bond motifs is 1. The fourth-order valence-corrected chi connectivity index (χ4v) is 4.51. The topological polar surface area (TPSA) is 58.4 Å². The number of carbonyl (C=O) groups is 1. The smallest absolute Gasteiger partial charge is 0.266 e. The Morgan fingerprint density at radius 3 is 2.47 bits per heavy atom. The fourth-order valence-electron chi connectivity index (χ4n) is 3.59. The summed E-state index contributed by atoms with van der Waals surface area (Å²) in [6.45, 7) is 7.75. The molecule has 0 aliphatic carbocycles. The number of nitrogens with zero attached hydrogens (tertiary/aromatic N) is 4. The van der Waals surface area contributed by atoms with Crippen LogP contribution >= 0.6 is 11.8 Å². The number of piperazine rings is 1. The van der Waals surface area contributed by atoms with Gasteiger partial charge < -0.3 is 4.90 Å². The monoisotopic (exact) mass is 420 g/mol. The summed E-state index contributed by atoms with van der Waals surface area (Å²) in [6, 6.07) is 16.8. The first-order chi connectivity index (χ1) is 14.7. The third-order valence-corrected chi connectivity index (χ3v) is 6.12. The van der Waals surface area contributed by atoms with Crippen molar-refractivity contribution in [3.63, 3.8) is 0 Å². The lowest BCUT2D eigenvalue weighted by Gasteiger charge is -2.34. The largest absolute Gasteiger partial charge is 0.339 e. The van der Waals surface area contributed by atoms with Crippen LogP contribution in [0.4, 0.5) is 0 Å². The number of amides is 1. The molecule has 1 saturated heterocycles. The Kier molecular flexibility index (Phi) is 6.30. The SMILES string of the molecule is C=CCN1CCN(C(=O)CSc2nc3ccccc3c(=O)n2-c2ccccc2)CC1. The second-order valence-electron chi connectivity index (χ2n) is 7.15. The maximum atomic E-state index is 13.2. The zero-order chi connectivity index (χ0) is 20.9. The van der Waals surface area contributed by atoms with Crippen molar-refractivity contribution in [2.45, 2.75) is 5.16 Å². The first-order valence-electron chi connectivity index (χ1n) is 9.98. The zero-order valence-electron chi connectivity index (χ0n) is 16.7. The number of carbonyl (C=O) groups excluding carboxylic acids is 1. The molecular formula is C23H24N4O2S. The van der Waals surface area contributed by atoms with Gasteiger partial charge in [-0.15, -0.1) is 6.58 Å². The Hall–Kier alpha value is -2.90. The lowest BCUT2D eigenvalue weighted by atomic mass is 10.2. The van der Waals surface area contributed by atoms with Crippen molar-refractivity contribution >= 4 is 28.6 Å². The third kappa shape index (κ3) is 4.32. The normalized spacial score (nSPS) is 14.7. The molecule has 0 N–H and O–H groups in total. The van der Waals surface area contributed by atoms with E-state index < -0.39 is 0 Å². The molecule has 1 aliphatic rings. The van der Waals surface area contributed by atoms with E-state index in [0.29, 0.717) is 29.1 Å². The molecular weight excluding hydrogens is 396 g/mol. The molecule has 0 spiro atoms. The summed E-state index contributed by atoms with van der Waals surface area (Å²) in [5.41, 5.74) is 1.26. The summed E-state index contributed by atoms with van der Waals surface area (Å²) in [5.74, 6) is 0.319. The van der Waals surface area contributed by atoms with Gasteiger partial charge >= 0.3 is 0 Å². The number of hydrogen-bond donors (Lipinski definition) is 0. The first kappa shape index (κ1) is 20.4. The molecule has 2 heterocycles. The van der Waals surface area contributed by atoms with Crippen LogP contribution in [0.3, 0.4) is 0 Å². The summed E-state index contributed by atoms with van der Waals surface area (Å²) in [5, 5.41) is 1.10. The number of aromatic nitrogens is 2. The van der Waals surface area contributed by atoms with Crippen LogP contribution in [0, 0.1) is 0 Å². The summed E-state index contributed by atoms with van der Waals surface area (Å²) in [7, 11) is 0. The zero-order valence-corrected chi connectivity index (χ0v) is 17.6. The van der Waals surface area contributed by atoms with E-state index in [1.807, 2.05) is 59.5 Å². The van der Waals surface area contributed by atoms with E-state index in [9.17, 15) is 9.59 Å². The molecule has 3 aromatic rings. The van der Waals surface area contributed by atoms with E-state index in [1.54, 1.807) is 10.6 Å². The summed E-state index contributed by atoms with van der Waals surface area (Å²) >= 11 is 1.31. The standard InChI is InChI=1S/C23H24N4O2S/c1-2-12-25-13-15-26(16-14-25)21(28)17-30-23-24-20-11-7-6-10-19(20)22(29)27(23)18-8-4-3-5-9-18/h2-11H,1,12-17H2. The number of rotatable bonds is 6. The molecule has 1 amide bonds. The summed E-state index contributed by atoms with van der Waals surface area (Å²) < 4.78 is 1.60. The molecule has 0 radical (unpaired) electrons.